The van der Waals surface area contributed by atoms with E-state index >= 15 is 0 Å². The van der Waals surface area contributed by atoms with Gasteiger partial charge in [-0.15, -0.1) is 0 Å². The van der Waals surface area contributed by atoms with E-state index in [9.17, 15) is 14.7 Å². The van der Waals surface area contributed by atoms with Crippen molar-refractivity contribution in [3.63, 3.8) is 0 Å². The fourth-order valence-electron chi connectivity index (χ4n) is 2.95. The first-order valence-electron chi connectivity index (χ1n) is 8.43. The van der Waals surface area contributed by atoms with Gasteiger partial charge in [-0.1, -0.05) is 12.1 Å². The van der Waals surface area contributed by atoms with Gasteiger partial charge in [0.1, 0.15) is 12.7 Å². The van der Waals surface area contributed by atoms with Crippen LogP contribution in [0.15, 0.2) is 48.5 Å². The SMILES string of the molecule is CN1C(=O)COC(c2ccc(NC(=O)c3ccc(C#N)cc3)cc2)C1CO. The van der Waals surface area contributed by atoms with Gasteiger partial charge < -0.3 is 20.1 Å². The lowest BCUT2D eigenvalue weighted by Crippen LogP contribution is -2.50. The Bertz CT molecular complexity index is 872. The van der Waals surface area contributed by atoms with Crippen molar-refractivity contribution in [2.75, 3.05) is 25.6 Å². The maximum atomic E-state index is 12.3. The highest BCUT2D eigenvalue weighted by Crippen LogP contribution is 2.29. The number of carbonyl (C=O) groups excluding carboxylic acids is 2. The van der Waals surface area contributed by atoms with Crippen molar-refractivity contribution >= 4 is 17.5 Å². The number of nitrogens with one attached hydrogen (secondary N) is 1. The molecule has 1 aliphatic heterocycles. The number of hydrogen-bond donors (Lipinski definition) is 2. The van der Waals surface area contributed by atoms with Gasteiger partial charge in [0.2, 0.25) is 5.91 Å². The lowest BCUT2D eigenvalue weighted by atomic mass is 9.99. The van der Waals surface area contributed by atoms with Crippen LogP contribution in [0.1, 0.15) is 27.6 Å². The summed E-state index contributed by atoms with van der Waals surface area (Å²) in [4.78, 5) is 25.5. The Morgan fingerprint density at radius 1 is 1.26 bits per heavy atom. The molecule has 0 bridgehead atoms. The molecule has 0 aromatic heterocycles. The smallest absolute Gasteiger partial charge is 0.255 e. The van der Waals surface area contributed by atoms with Gasteiger partial charge in [0.05, 0.1) is 24.3 Å². The van der Waals surface area contributed by atoms with Crippen LogP contribution in [0.25, 0.3) is 0 Å². The zero-order chi connectivity index (χ0) is 19.4. The van der Waals surface area contributed by atoms with Crippen LogP contribution in [-0.4, -0.2) is 48.1 Å². The first-order valence-corrected chi connectivity index (χ1v) is 8.43. The summed E-state index contributed by atoms with van der Waals surface area (Å²) in [6.45, 7) is -0.237. The van der Waals surface area contributed by atoms with Crippen LogP contribution in [0.5, 0.6) is 0 Å². The van der Waals surface area contributed by atoms with Crippen LogP contribution in [0, 0.1) is 11.3 Å². The second kappa shape index (κ2) is 7.99. The minimum absolute atomic E-state index is 0.0329. The maximum absolute atomic E-state index is 12.3. The number of amides is 2. The number of anilines is 1. The largest absolute Gasteiger partial charge is 0.394 e. The molecule has 3 rings (SSSR count). The molecule has 1 saturated heterocycles. The van der Waals surface area contributed by atoms with Crippen LogP contribution in [0.4, 0.5) is 5.69 Å². The Morgan fingerprint density at radius 3 is 2.52 bits per heavy atom. The highest BCUT2D eigenvalue weighted by molar-refractivity contribution is 6.04. The Hall–Kier alpha value is -3.21. The van der Waals surface area contributed by atoms with E-state index in [1.54, 1.807) is 55.6 Å². The third-order valence-corrected chi connectivity index (χ3v) is 4.59. The predicted octanol–water partition coefficient (Wildman–Crippen LogP) is 1.70. The van der Waals surface area contributed by atoms with E-state index in [1.165, 1.54) is 4.90 Å². The molecule has 27 heavy (non-hydrogen) atoms. The standard InChI is InChI=1S/C20H19N3O4/c1-23-17(11-24)19(27-12-18(23)25)14-6-8-16(9-7-14)22-20(26)15-4-2-13(10-21)3-5-15/h2-9,17,19,24H,11-12H2,1H3,(H,22,26). The average molecular weight is 365 g/mol. The molecule has 2 amide bonds. The molecule has 1 fully saturated rings. The van der Waals surface area contributed by atoms with Crippen LogP contribution < -0.4 is 5.32 Å². The van der Waals surface area contributed by atoms with E-state index in [2.05, 4.69) is 5.32 Å². The monoisotopic (exact) mass is 365 g/mol. The summed E-state index contributed by atoms with van der Waals surface area (Å²) in [5.41, 5.74) is 2.36. The van der Waals surface area contributed by atoms with Crippen molar-refractivity contribution < 1.29 is 19.4 Å². The highest BCUT2D eigenvalue weighted by atomic mass is 16.5. The quantitative estimate of drug-likeness (QED) is 0.858. The summed E-state index contributed by atoms with van der Waals surface area (Å²) in [6.07, 6.45) is -0.430. The molecule has 2 unspecified atom stereocenters. The van der Waals surface area contributed by atoms with E-state index in [0.717, 1.165) is 5.56 Å². The van der Waals surface area contributed by atoms with Crippen LogP contribution >= 0.6 is 0 Å². The van der Waals surface area contributed by atoms with Gasteiger partial charge in [-0.3, -0.25) is 9.59 Å². The number of aliphatic hydroxyl groups is 1. The lowest BCUT2D eigenvalue weighted by molar-refractivity contribution is -0.157. The first-order chi connectivity index (χ1) is 13.0. The summed E-state index contributed by atoms with van der Waals surface area (Å²) in [5, 5.41) is 21.2. The summed E-state index contributed by atoms with van der Waals surface area (Å²) >= 11 is 0. The van der Waals surface area contributed by atoms with E-state index < -0.39 is 12.1 Å². The Morgan fingerprint density at radius 2 is 1.93 bits per heavy atom. The molecule has 0 radical (unpaired) electrons. The third kappa shape index (κ3) is 3.97. The first kappa shape index (κ1) is 18.6. The summed E-state index contributed by atoms with van der Waals surface area (Å²) in [7, 11) is 1.64. The number of nitrogens with zero attached hydrogens (tertiary/aromatic N) is 2. The van der Waals surface area contributed by atoms with Crippen molar-refractivity contribution in [1.29, 1.82) is 5.26 Å². The molecule has 0 aliphatic carbocycles. The van der Waals surface area contributed by atoms with Gasteiger partial charge in [-0.2, -0.15) is 5.26 Å². The van der Waals surface area contributed by atoms with Gasteiger partial charge in [-0.25, -0.2) is 0 Å². The van der Waals surface area contributed by atoms with Crippen molar-refractivity contribution in [1.82, 2.24) is 4.90 Å². The molecule has 138 valence electrons. The number of morpholine rings is 1. The Balaban J connectivity index is 1.70. The molecule has 1 aliphatic rings. The van der Waals surface area contributed by atoms with Gasteiger partial charge >= 0.3 is 0 Å². The molecule has 2 atom stereocenters. The fraction of sp³-hybridized carbons (Fsp3) is 0.250. The molecular formula is C20H19N3O4. The van der Waals surface area contributed by atoms with E-state index in [-0.39, 0.29) is 25.0 Å². The maximum Gasteiger partial charge on any atom is 0.255 e. The number of nitriles is 1. The number of hydrogen-bond acceptors (Lipinski definition) is 5. The Labute approximate surface area is 156 Å². The van der Waals surface area contributed by atoms with Gasteiger partial charge in [0, 0.05) is 18.3 Å². The lowest BCUT2D eigenvalue weighted by Gasteiger charge is -2.38. The zero-order valence-corrected chi connectivity index (χ0v) is 14.8. The number of carbonyl (C=O) groups is 2. The average Bonchev–Trinajstić information content (AvgIpc) is 2.70. The normalized spacial score (nSPS) is 19.4. The molecule has 7 nitrogen and oxygen atoms in total. The number of ether oxygens (including phenoxy) is 1. The summed E-state index contributed by atoms with van der Waals surface area (Å²) in [5.74, 6) is -0.448. The highest BCUT2D eigenvalue weighted by Gasteiger charge is 2.34. The second-order valence-corrected chi connectivity index (χ2v) is 6.25. The molecule has 1 heterocycles. The number of aliphatic hydroxyl groups excluding tert-OH is 1. The zero-order valence-electron chi connectivity index (χ0n) is 14.8. The molecule has 7 heteroatoms. The van der Waals surface area contributed by atoms with Crippen molar-refractivity contribution in [2.24, 2.45) is 0 Å². The topological polar surface area (TPSA) is 103 Å². The third-order valence-electron chi connectivity index (χ3n) is 4.59. The molecule has 2 aromatic carbocycles. The van der Waals surface area contributed by atoms with Gasteiger partial charge in [0.15, 0.2) is 0 Å². The molecule has 2 aromatic rings. The van der Waals surface area contributed by atoms with Crippen LogP contribution in [-0.2, 0) is 9.53 Å². The molecule has 0 saturated carbocycles. The van der Waals surface area contributed by atoms with Gasteiger partial charge in [0.25, 0.3) is 5.91 Å². The Kier molecular flexibility index (Phi) is 5.50. The van der Waals surface area contributed by atoms with Gasteiger partial charge in [-0.05, 0) is 42.0 Å². The van der Waals surface area contributed by atoms with Crippen molar-refractivity contribution in [3.8, 4) is 6.07 Å². The summed E-state index contributed by atoms with van der Waals surface area (Å²) in [6, 6.07) is 15.0. The van der Waals surface area contributed by atoms with Crippen molar-refractivity contribution in [3.05, 3.63) is 65.2 Å². The van der Waals surface area contributed by atoms with E-state index in [0.29, 0.717) is 16.8 Å². The summed E-state index contributed by atoms with van der Waals surface area (Å²) < 4.78 is 5.60. The van der Waals surface area contributed by atoms with E-state index in [4.69, 9.17) is 10.00 Å². The van der Waals surface area contributed by atoms with Crippen molar-refractivity contribution in [2.45, 2.75) is 12.1 Å². The van der Waals surface area contributed by atoms with Crippen LogP contribution in [0.3, 0.4) is 0 Å². The fourth-order valence-corrected chi connectivity index (χ4v) is 2.95. The minimum Gasteiger partial charge on any atom is -0.394 e. The van der Waals surface area contributed by atoms with Crippen LogP contribution in [0.2, 0.25) is 0 Å². The number of likely N-dealkylation sites (N-methyl/N-ethyl adjacent to an activating group) is 1. The molecular weight excluding hydrogens is 346 g/mol. The minimum atomic E-state index is -0.453. The second-order valence-electron chi connectivity index (χ2n) is 6.25. The number of rotatable bonds is 4. The number of benzene rings is 2. The molecule has 2 N–H and O–H groups in total. The van der Waals surface area contributed by atoms with E-state index in [1.807, 2.05) is 6.07 Å². The predicted molar refractivity (Wildman–Crippen MR) is 97.9 cm³/mol. The molecule has 0 spiro atoms.